The number of methoxy groups -OCH3 is 1. The van der Waals surface area contributed by atoms with E-state index in [-0.39, 0.29) is 11.3 Å². The number of hydrogen-bond acceptors (Lipinski definition) is 3. The van der Waals surface area contributed by atoms with Gasteiger partial charge in [-0.25, -0.2) is 0 Å². The Morgan fingerprint density at radius 2 is 1.94 bits per heavy atom. The van der Waals surface area contributed by atoms with Crippen LogP contribution in [0.2, 0.25) is 0 Å². The lowest BCUT2D eigenvalue weighted by molar-refractivity contribution is -0.114. The fourth-order valence-corrected chi connectivity index (χ4v) is 1.78. The monoisotopic (exact) mass is 249 g/mol. The molecule has 0 saturated carbocycles. The Bertz CT molecular complexity index is 473. The molecule has 1 aromatic rings. The first-order valence-corrected chi connectivity index (χ1v) is 5.75. The highest BCUT2D eigenvalue weighted by atomic mass is 16.5. The van der Waals surface area contributed by atoms with Crippen LogP contribution in [-0.4, -0.2) is 19.3 Å². The Morgan fingerprint density at radius 3 is 2.33 bits per heavy atom. The first-order valence-electron chi connectivity index (χ1n) is 5.75. The highest BCUT2D eigenvalue weighted by Crippen LogP contribution is 2.37. The standard InChI is InChI=1S/C14H19NO3/c1-9(17)15-12-7-10(8-16)6-11(13(12)18-5)14(2,3)4/h6-8H,1-5H3,(H,15,17). The predicted octanol–water partition coefficient (Wildman–Crippen LogP) is 2.76. The van der Waals surface area contributed by atoms with E-state index in [1.807, 2.05) is 20.8 Å². The molecule has 98 valence electrons. The van der Waals surface area contributed by atoms with Crippen molar-refractivity contribution in [3.05, 3.63) is 23.3 Å². The zero-order chi connectivity index (χ0) is 13.9. The number of nitrogens with one attached hydrogen (secondary N) is 1. The molecular weight excluding hydrogens is 230 g/mol. The maximum absolute atomic E-state index is 11.2. The molecular formula is C14H19NO3. The summed E-state index contributed by atoms with van der Waals surface area (Å²) >= 11 is 0. The molecule has 1 aromatic carbocycles. The average Bonchev–Trinajstić information content (AvgIpc) is 2.25. The molecule has 0 aliphatic heterocycles. The summed E-state index contributed by atoms with van der Waals surface area (Å²) in [5.74, 6) is 0.402. The smallest absolute Gasteiger partial charge is 0.221 e. The number of anilines is 1. The van der Waals surface area contributed by atoms with Gasteiger partial charge in [-0.2, -0.15) is 0 Å². The van der Waals surface area contributed by atoms with E-state index in [1.54, 1.807) is 19.2 Å². The van der Waals surface area contributed by atoms with Crippen LogP contribution in [0, 0.1) is 0 Å². The van der Waals surface area contributed by atoms with Gasteiger partial charge in [0, 0.05) is 18.1 Å². The van der Waals surface area contributed by atoms with Gasteiger partial charge in [0.15, 0.2) is 0 Å². The van der Waals surface area contributed by atoms with Crippen molar-refractivity contribution in [1.29, 1.82) is 0 Å². The quantitative estimate of drug-likeness (QED) is 0.838. The average molecular weight is 249 g/mol. The summed E-state index contributed by atoms with van der Waals surface area (Å²) in [6, 6.07) is 3.40. The predicted molar refractivity (Wildman–Crippen MR) is 71.4 cm³/mol. The van der Waals surface area contributed by atoms with Crippen LogP contribution in [0.5, 0.6) is 5.75 Å². The van der Waals surface area contributed by atoms with Gasteiger partial charge in [-0.15, -0.1) is 0 Å². The van der Waals surface area contributed by atoms with Gasteiger partial charge in [-0.05, 0) is 17.5 Å². The van der Waals surface area contributed by atoms with Gasteiger partial charge in [-0.3, -0.25) is 9.59 Å². The van der Waals surface area contributed by atoms with Gasteiger partial charge in [-0.1, -0.05) is 20.8 Å². The van der Waals surface area contributed by atoms with E-state index in [1.165, 1.54) is 6.92 Å². The van der Waals surface area contributed by atoms with Crippen molar-refractivity contribution in [1.82, 2.24) is 0 Å². The van der Waals surface area contributed by atoms with Gasteiger partial charge in [0.05, 0.1) is 12.8 Å². The molecule has 1 rings (SSSR count). The number of carbonyl (C=O) groups excluding carboxylic acids is 2. The van der Waals surface area contributed by atoms with Crippen molar-refractivity contribution in [2.45, 2.75) is 33.1 Å². The maximum atomic E-state index is 11.2. The normalized spacial score (nSPS) is 10.9. The number of benzene rings is 1. The fourth-order valence-electron chi connectivity index (χ4n) is 1.78. The van der Waals surface area contributed by atoms with Crippen molar-refractivity contribution in [2.24, 2.45) is 0 Å². The third-order valence-corrected chi connectivity index (χ3v) is 2.57. The molecule has 4 nitrogen and oxygen atoms in total. The summed E-state index contributed by atoms with van der Waals surface area (Å²) in [5.41, 5.74) is 1.75. The van der Waals surface area contributed by atoms with Gasteiger partial charge >= 0.3 is 0 Å². The van der Waals surface area contributed by atoms with Gasteiger partial charge in [0.1, 0.15) is 12.0 Å². The van der Waals surface area contributed by atoms with Crippen molar-refractivity contribution in [3.63, 3.8) is 0 Å². The van der Waals surface area contributed by atoms with Crippen molar-refractivity contribution >= 4 is 17.9 Å². The number of carbonyl (C=O) groups is 2. The zero-order valence-electron chi connectivity index (χ0n) is 11.5. The second-order valence-electron chi connectivity index (χ2n) is 5.20. The second kappa shape index (κ2) is 5.21. The molecule has 0 aliphatic rings. The van der Waals surface area contributed by atoms with Gasteiger partial charge in [0.2, 0.25) is 5.91 Å². The lowest BCUT2D eigenvalue weighted by Gasteiger charge is -2.24. The van der Waals surface area contributed by atoms with Crippen LogP contribution >= 0.6 is 0 Å². The molecule has 0 radical (unpaired) electrons. The summed E-state index contributed by atoms with van der Waals surface area (Å²) in [6.07, 6.45) is 0.764. The van der Waals surface area contributed by atoms with Crippen molar-refractivity contribution in [2.75, 3.05) is 12.4 Å². The SMILES string of the molecule is COc1c(NC(C)=O)cc(C=O)cc1C(C)(C)C. The highest BCUT2D eigenvalue weighted by Gasteiger charge is 2.22. The largest absolute Gasteiger partial charge is 0.494 e. The number of rotatable bonds is 3. The van der Waals surface area contributed by atoms with E-state index < -0.39 is 0 Å². The highest BCUT2D eigenvalue weighted by molar-refractivity contribution is 5.92. The molecule has 0 fully saturated rings. The van der Waals surface area contributed by atoms with E-state index in [0.717, 1.165) is 11.8 Å². The minimum Gasteiger partial charge on any atom is -0.494 e. The van der Waals surface area contributed by atoms with Crippen LogP contribution in [0.1, 0.15) is 43.6 Å². The molecule has 0 aliphatic carbocycles. The topological polar surface area (TPSA) is 55.4 Å². The summed E-state index contributed by atoms with van der Waals surface area (Å²) in [7, 11) is 1.55. The number of hydrogen-bond donors (Lipinski definition) is 1. The summed E-state index contributed by atoms with van der Waals surface area (Å²) < 4.78 is 5.37. The molecule has 18 heavy (non-hydrogen) atoms. The Morgan fingerprint density at radius 1 is 1.33 bits per heavy atom. The molecule has 0 spiro atoms. The second-order valence-corrected chi connectivity index (χ2v) is 5.20. The summed E-state index contributed by atoms with van der Waals surface area (Å²) in [4.78, 5) is 22.2. The van der Waals surface area contributed by atoms with Crippen molar-refractivity contribution < 1.29 is 14.3 Å². The molecule has 1 N–H and O–H groups in total. The van der Waals surface area contributed by atoms with E-state index in [2.05, 4.69) is 5.32 Å². The van der Waals surface area contributed by atoms with Crippen molar-refractivity contribution in [3.8, 4) is 5.75 Å². The number of ether oxygens (including phenoxy) is 1. The minimum atomic E-state index is -0.198. The van der Waals surface area contributed by atoms with E-state index in [9.17, 15) is 9.59 Å². The molecule has 0 bridgehead atoms. The minimum absolute atomic E-state index is 0.183. The van der Waals surface area contributed by atoms with Gasteiger partial charge < -0.3 is 10.1 Å². The van der Waals surface area contributed by atoms with Crippen LogP contribution in [0.15, 0.2) is 12.1 Å². The first kappa shape index (κ1) is 14.2. The Kier molecular flexibility index (Phi) is 4.11. The van der Waals surface area contributed by atoms with Crippen LogP contribution in [0.3, 0.4) is 0 Å². The third-order valence-electron chi connectivity index (χ3n) is 2.57. The first-order chi connectivity index (χ1) is 8.29. The van der Waals surface area contributed by atoms with Crippen LogP contribution in [-0.2, 0) is 10.2 Å². The maximum Gasteiger partial charge on any atom is 0.221 e. The summed E-state index contributed by atoms with van der Waals surface area (Å²) in [6.45, 7) is 7.49. The molecule has 0 atom stereocenters. The van der Waals surface area contributed by atoms with E-state index in [4.69, 9.17) is 4.74 Å². The van der Waals surface area contributed by atoms with Crippen LogP contribution in [0.25, 0.3) is 0 Å². The van der Waals surface area contributed by atoms with Gasteiger partial charge in [0.25, 0.3) is 0 Å². The number of amides is 1. The molecule has 0 saturated heterocycles. The van der Waals surface area contributed by atoms with Crippen LogP contribution in [0.4, 0.5) is 5.69 Å². The summed E-state index contributed by atoms with van der Waals surface area (Å²) in [5, 5.41) is 2.69. The fraction of sp³-hybridized carbons (Fsp3) is 0.429. The molecule has 1 amide bonds. The molecule has 0 unspecified atom stereocenters. The molecule has 0 heterocycles. The Labute approximate surface area is 107 Å². The molecule has 0 aromatic heterocycles. The van der Waals surface area contributed by atoms with Crippen LogP contribution < -0.4 is 10.1 Å². The zero-order valence-corrected chi connectivity index (χ0v) is 11.5. The third kappa shape index (κ3) is 3.09. The number of aldehydes is 1. The Hall–Kier alpha value is -1.84. The van der Waals surface area contributed by atoms with E-state index in [0.29, 0.717) is 17.0 Å². The lowest BCUT2D eigenvalue weighted by Crippen LogP contribution is -2.16. The molecule has 4 heteroatoms. The van der Waals surface area contributed by atoms with E-state index >= 15 is 0 Å². The Balaban J connectivity index is 3.49. The lowest BCUT2D eigenvalue weighted by atomic mass is 9.85.